The van der Waals surface area contributed by atoms with E-state index in [-0.39, 0.29) is 18.4 Å². The number of aliphatic imine (C=N–C) groups is 1. The van der Waals surface area contributed by atoms with Crippen molar-refractivity contribution in [2.24, 2.45) is 4.99 Å². The minimum atomic E-state index is -0.371. The van der Waals surface area contributed by atoms with Crippen LogP contribution in [-0.4, -0.2) is 38.0 Å². The van der Waals surface area contributed by atoms with Crippen LogP contribution in [0.1, 0.15) is 48.7 Å². The highest BCUT2D eigenvalue weighted by Gasteiger charge is 2.29. The fourth-order valence-corrected chi connectivity index (χ4v) is 3.63. The first-order valence-electron chi connectivity index (χ1n) is 9.45. The fraction of sp³-hybridized carbons (Fsp3) is 0.286. The average Bonchev–Trinajstić information content (AvgIpc) is 3.03. The van der Waals surface area contributed by atoms with Crippen LogP contribution in [-0.2, 0) is 9.53 Å². The molecule has 8 heteroatoms. The highest BCUT2D eigenvalue weighted by atomic mass is 35.5. The van der Waals surface area contributed by atoms with Gasteiger partial charge < -0.3 is 4.74 Å². The Kier molecular flexibility index (Phi) is 5.40. The van der Waals surface area contributed by atoms with Crippen molar-refractivity contribution in [3.05, 3.63) is 70.5 Å². The van der Waals surface area contributed by atoms with Crippen LogP contribution in [0.4, 0.5) is 0 Å². The van der Waals surface area contributed by atoms with Gasteiger partial charge in [-0.15, -0.1) is 10.2 Å². The lowest BCUT2D eigenvalue weighted by Gasteiger charge is -2.12. The number of hydrogen-bond acceptors (Lipinski definition) is 6. The largest absolute Gasteiger partial charge is 0.466 e. The summed E-state index contributed by atoms with van der Waals surface area (Å²) in [6, 6.07) is 11.0. The van der Waals surface area contributed by atoms with E-state index in [0.717, 1.165) is 22.8 Å². The molecule has 0 saturated carbocycles. The molecule has 1 aliphatic heterocycles. The van der Waals surface area contributed by atoms with E-state index < -0.39 is 0 Å². The van der Waals surface area contributed by atoms with Crippen molar-refractivity contribution < 1.29 is 9.53 Å². The second-order valence-electron chi connectivity index (χ2n) is 6.65. The molecular formula is C21H20ClN5O2. The number of aromatic nitrogens is 4. The van der Waals surface area contributed by atoms with Gasteiger partial charge in [0.25, 0.3) is 0 Å². The van der Waals surface area contributed by atoms with E-state index in [2.05, 4.69) is 15.2 Å². The predicted octanol–water partition coefficient (Wildman–Crippen LogP) is 3.86. The van der Waals surface area contributed by atoms with E-state index in [4.69, 9.17) is 21.3 Å². The van der Waals surface area contributed by atoms with Crippen molar-refractivity contribution in [3.8, 4) is 5.69 Å². The maximum absolute atomic E-state index is 12.0. The van der Waals surface area contributed by atoms with Crippen LogP contribution in [0.15, 0.2) is 47.6 Å². The maximum atomic E-state index is 12.0. The molecule has 0 bridgehead atoms. The molecule has 0 aliphatic carbocycles. The van der Waals surface area contributed by atoms with Gasteiger partial charge in [0.2, 0.25) is 0 Å². The Balaban J connectivity index is 1.87. The molecule has 1 aliphatic rings. The summed E-state index contributed by atoms with van der Waals surface area (Å²) in [5, 5.41) is 9.22. The SMILES string of the molecule is CCOC(=O)CC[C@@H]1N=C(c2ccccn2)c2cc(Cl)ccc2-n2c(C)nnc21. The molecule has 148 valence electrons. The third-order valence-corrected chi connectivity index (χ3v) is 4.96. The van der Waals surface area contributed by atoms with Crippen molar-refractivity contribution >= 4 is 23.3 Å². The number of carbonyl (C=O) groups excluding carboxylic acids is 1. The number of fused-ring (bicyclic) bond motifs is 3. The molecule has 0 N–H and O–H groups in total. The van der Waals surface area contributed by atoms with Crippen molar-refractivity contribution in [1.82, 2.24) is 19.7 Å². The van der Waals surface area contributed by atoms with Crippen LogP contribution in [0.25, 0.3) is 5.69 Å². The Morgan fingerprint density at radius 2 is 2.10 bits per heavy atom. The number of hydrogen-bond donors (Lipinski definition) is 0. The molecule has 0 saturated heterocycles. The van der Waals surface area contributed by atoms with E-state index in [9.17, 15) is 4.79 Å². The van der Waals surface area contributed by atoms with Gasteiger partial charge in [0.15, 0.2) is 5.82 Å². The van der Waals surface area contributed by atoms with Crippen LogP contribution in [0.2, 0.25) is 5.02 Å². The average molecular weight is 410 g/mol. The molecule has 0 spiro atoms. The molecule has 2 aromatic heterocycles. The molecule has 4 rings (SSSR count). The van der Waals surface area contributed by atoms with Gasteiger partial charge in [-0.2, -0.15) is 0 Å². The van der Waals surface area contributed by atoms with E-state index in [1.165, 1.54) is 0 Å². The standard InChI is InChI=1S/C21H20ClN5O2/c1-3-29-19(28)10-8-17-21-26-25-13(2)27(21)18-9-7-14(22)12-15(18)20(24-17)16-6-4-5-11-23-16/h4-7,9,11-12,17H,3,8,10H2,1-2H3/t17-/m0/s1. The van der Waals surface area contributed by atoms with Gasteiger partial charge in [-0.05, 0) is 50.6 Å². The zero-order valence-electron chi connectivity index (χ0n) is 16.2. The van der Waals surface area contributed by atoms with Crippen molar-refractivity contribution in [2.45, 2.75) is 32.7 Å². The Hall–Kier alpha value is -3.06. The number of pyridine rings is 1. The lowest BCUT2D eigenvalue weighted by molar-refractivity contribution is -0.143. The Labute approximate surface area is 173 Å². The molecule has 29 heavy (non-hydrogen) atoms. The molecular weight excluding hydrogens is 390 g/mol. The molecule has 0 fully saturated rings. The summed E-state index contributed by atoms with van der Waals surface area (Å²) < 4.78 is 7.06. The Bertz CT molecular complexity index is 1080. The molecule has 3 heterocycles. The van der Waals surface area contributed by atoms with Gasteiger partial charge in [-0.25, -0.2) is 0 Å². The van der Waals surface area contributed by atoms with Gasteiger partial charge in [-0.1, -0.05) is 17.7 Å². The predicted molar refractivity (Wildman–Crippen MR) is 110 cm³/mol. The summed E-state index contributed by atoms with van der Waals surface area (Å²) in [5.74, 6) is 1.16. The highest BCUT2D eigenvalue weighted by Crippen LogP contribution is 2.33. The normalized spacial score (nSPS) is 15.1. The lowest BCUT2D eigenvalue weighted by Crippen LogP contribution is -2.10. The molecule has 3 aromatic rings. The number of nitrogens with zero attached hydrogens (tertiary/aromatic N) is 5. The van der Waals surface area contributed by atoms with Gasteiger partial charge in [0.1, 0.15) is 11.9 Å². The highest BCUT2D eigenvalue weighted by molar-refractivity contribution is 6.31. The first-order valence-corrected chi connectivity index (χ1v) is 9.83. The van der Waals surface area contributed by atoms with Gasteiger partial charge >= 0.3 is 5.97 Å². The number of rotatable bonds is 5. The summed E-state index contributed by atoms with van der Waals surface area (Å²) in [6.45, 7) is 4.04. The van der Waals surface area contributed by atoms with Crippen molar-refractivity contribution in [3.63, 3.8) is 0 Å². The van der Waals surface area contributed by atoms with Gasteiger partial charge in [0.05, 0.1) is 23.7 Å². The molecule has 0 amide bonds. The van der Waals surface area contributed by atoms with Crippen LogP contribution in [0.5, 0.6) is 0 Å². The van der Waals surface area contributed by atoms with Crippen molar-refractivity contribution in [1.29, 1.82) is 0 Å². The van der Waals surface area contributed by atoms with E-state index >= 15 is 0 Å². The van der Waals surface area contributed by atoms with Crippen LogP contribution < -0.4 is 0 Å². The molecule has 1 aromatic carbocycles. The summed E-state index contributed by atoms with van der Waals surface area (Å²) >= 11 is 6.32. The third-order valence-electron chi connectivity index (χ3n) is 4.72. The second-order valence-corrected chi connectivity index (χ2v) is 7.09. The topological polar surface area (TPSA) is 82.3 Å². The minimum Gasteiger partial charge on any atom is -0.466 e. The number of aryl methyl sites for hydroxylation is 1. The number of esters is 1. The number of carbonyl (C=O) groups is 1. The summed E-state index contributed by atoms with van der Waals surface area (Å²) in [6.07, 6.45) is 2.42. The molecule has 0 unspecified atom stereocenters. The third kappa shape index (κ3) is 3.78. The summed E-state index contributed by atoms with van der Waals surface area (Å²) in [7, 11) is 0. The van der Waals surface area contributed by atoms with E-state index in [1.807, 2.05) is 47.9 Å². The van der Waals surface area contributed by atoms with E-state index in [0.29, 0.717) is 29.6 Å². The fourth-order valence-electron chi connectivity index (χ4n) is 3.46. The Morgan fingerprint density at radius 3 is 2.86 bits per heavy atom. The number of benzene rings is 1. The summed E-state index contributed by atoms with van der Waals surface area (Å²) in [5.41, 5.74) is 3.17. The zero-order chi connectivity index (χ0) is 20.4. The second kappa shape index (κ2) is 8.13. The van der Waals surface area contributed by atoms with Crippen LogP contribution in [0, 0.1) is 6.92 Å². The monoisotopic (exact) mass is 409 g/mol. The van der Waals surface area contributed by atoms with E-state index in [1.54, 1.807) is 13.1 Å². The zero-order valence-corrected chi connectivity index (χ0v) is 16.9. The lowest BCUT2D eigenvalue weighted by atomic mass is 10.0. The molecule has 0 radical (unpaired) electrons. The van der Waals surface area contributed by atoms with Crippen LogP contribution >= 0.6 is 11.6 Å². The first kappa shape index (κ1) is 19.3. The Morgan fingerprint density at radius 1 is 1.24 bits per heavy atom. The van der Waals surface area contributed by atoms with Crippen molar-refractivity contribution in [2.75, 3.05) is 6.61 Å². The smallest absolute Gasteiger partial charge is 0.305 e. The molecule has 1 atom stereocenters. The minimum absolute atomic E-state index is 0.237. The number of halogens is 1. The molecule has 7 nitrogen and oxygen atoms in total. The summed E-state index contributed by atoms with van der Waals surface area (Å²) in [4.78, 5) is 21.4. The number of ether oxygens (including phenoxy) is 1. The van der Waals surface area contributed by atoms with Gasteiger partial charge in [-0.3, -0.25) is 19.3 Å². The first-order chi connectivity index (χ1) is 14.1. The quantitative estimate of drug-likeness (QED) is 0.597. The van der Waals surface area contributed by atoms with Gasteiger partial charge in [0, 0.05) is 23.2 Å². The maximum Gasteiger partial charge on any atom is 0.305 e. The van der Waals surface area contributed by atoms with Crippen LogP contribution in [0.3, 0.4) is 0 Å².